The molecule has 0 aromatic rings. The van der Waals surface area contributed by atoms with Crippen LogP contribution >= 0.6 is 0 Å². The highest BCUT2D eigenvalue weighted by molar-refractivity contribution is 6.05. The second kappa shape index (κ2) is 49.7. The standard InChI is InChI=1S/C90H154N22O25/c1-29-90(28,78(135)98-53(36-39-61(118)119)65(122)96-52(34-37-58(91)115)64(121)95-51(45-113)42-46(2)3)110-77(134)87(22,23)107-70(127)62(48(6)7)100-68(125)56-32-30-40-111(56)80(137)89(26,27)109-75(132)85(18,19)102-60(117)44-93-71(128)81(10,11)105-67(124)55(43-47(4)5)99-73(130)83(14,15)104-66(123)54(35-38-59(92)116)97-74(131)84(16,17)108-76(133)86(20,21)103-63(120)49(8)94-72(129)82(12,13)106-69(126)57-33-31-41-112(57)79(136)88(24,25)101-50(9)114/h46-49,51-57,62,113H,29-45H2,1-28H3,(H2,91,115)(H2,92,116)(H,93,128)(H,94,129)(H,95,121)(H,96,122)(H,97,131)(H,98,135)(H,99,130)(H,100,125)(H,101,114)(H,102,117)(H,103,120)(H,104,123)(H,105,124)(H,106,126)(H,107,127)(H,108,133)(H,109,132)(H,110,134)(H,118,119)/t49-,51-,52+,53+,54-,55-,56+,57-,62+,90+/m0/s1. The number of nitrogens with zero attached hydrogens (tertiary/aromatic N) is 2. The molecule has 10 atom stereocenters. The first-order valence-corrected chi connectivity index (χ1v) is 46.0. The number of hydrogen-bond acceptors (Lipinski definition) is 24. The monoisotopic (exact) mass is 1940 g/mol. The first kappa shape index (κ1) is 121. The van der Waals surface area contributed by atoms with Gasteiger partial charge < -0.3 is 127 Å². The van der Waals surface area contributed by atoms with Crippen molar-refractivity contribution in [2.24, 2.45) is 29.2 Å². The number of likely N-dealkylation sites (tertiary alicyclic amines) is 2. The van der Waals surface area contributed by atoms with Crippen LogP contribution in [0.5, 0.6) is 0 Å². The highest BCUT2D eigenvalue weighted by Gasteiger charge is 2.50. The molecule has 0 unspecified atom stereocenters. The number of carboxylic acid groups (broad SMARTS) is 1. The number of aliphatic hydroxyl groups excluding tert-OH is 1. The van der Waals surface area contributed by atoms with Crippen molar-refractivity contribution in [2.45, 2.75) is 387 Å². The maximum atomic E-state index is 14.5. The number of aliphatic hydroxyl groups is 1. The fraction of sp³-hybridized carbons (Fsp3) is 0.744. The van der Waals surface area contributed by atoms with Crippen molar-refractivity contribution in [1.29, 1.82) is 0 Å². The molecule has 0 radical (unpaired) electrons. The smallest absolute Gasteiger partial charge is 0.303 e. The van der Waals surface area contributed by atoms with Crippen LogP contribution in [0.2, 0.25) is 0 Å². The Labute approximate surface area is 801 Å². The Morgan fingerprint density at radius 3 is 1.18 bits per heavy atom. The van der Waals surface area contributed by atoms with Gasteiger partial charge in [-0.1, -0.05) is 48.5 Å². The van der Waals surface area contributed by atoms with Crippen molar-refractivity contribution in [1.82, 2.24) is 106 Å². The lowest BCUT2D eigenvalue weighted by molar-refractivity contribution is -0.146. The van der Waals surface area contributed by atoms with E-state index in [9.17, 15) is 120 Å². The molecule has 2 saturated heterocycles. The lowest BCUT2D eigenvalue weighted by Gasteiger charge is -2.37. The summed E-state index contributed by atoms with van der Waals surface area (Å²) in [6.07, 6.45) is -1.43. The van der Waals surface area contributed by atoms with Gasteiger partial charge in [-0.2, -0.15) is 0 Å². The molecule has 47 nitrogen and oxygen atoms in total. The van der Waals surface area contributed by atoms with Crippen LogP contribution in [0, 0.1) is 17.8 Å². The molecule has 137 heavy (non-hydrogen) atoms. The topological polar surface area (TPSA) is 708 Å². The minimum Gasteiger partial charge on any atom is -0.481 e. The number of aliphatic carboxylic acids is 1. The molecular weight excluding hydrogens is 1790 g/mol. The van der Waals surface area contributed by atoms with Crippen molar-refractivity contribution >= 4 is 136 Å². The fourth-order valence-electron chi connectivity index (χ4n) is 14.5. The van der Waals surface area contributed by atoms with E-state index in [0.717, 1.165) is 0 Å². The zero-order chi connectivity index (χ0) is 106. The predicted molar refractivity (Wildman–Crippen MR) is 499 cm³/mol. The highest BCUT2D eigenvalue weighted by atomic mass is 16.4. The van der Waals surface area contributed by atoms with Gasteiger partial charge in [0.1, 0.15) is 104 Å². The molecule has 0 aromatic heterocycles. The van der Waals surface area contributed by atoms with E-state index in [-0.39, 0.29) is 63.5 Å². The summed E-state index contributed by atoms with van der Waals surface area (Å²) in [5.41, 5.74) is -6.95. The first-order chi connectivity index (χ1) is 62.4. The Morgan fingerprint density at radius 2 is 0.730 bits per heavy atom. The molecule has 2 fully saturated rings. The van der Waals surface area contributed by atoms with Gasteiger partial charge in [-0.25, -0.2) is 0 Å². The second-order valence-electron chi connectivity index (χ2n) is 41.5. The van der Waals surface area contributed by atoms with Crippen molar-refractivity contribution in [2.75, 3.05) is 26.2 Å². The molecule has 2 rings (SSSR count). The first-order valence-electron chi connectivity index (χ1n) is 46.0. The van der Waals surface area contributed by atoms with Crippen LogP contribution < -0.4 is 107 Å². The van der Waals surface area contributed by atoms with Crippen LogP contribution in [-0.4, -0.2) is 292 Å². The summed E-state index contributed by atoms with van der Waals surface area (Å²) in [6, 6.07) is -11.7. The van der Waals surface area contributed by atoms with E-state index in [1.54, 1.807) is 27.7 Å². The van der Waals surface area contributed by atoms with E-state index < -0.39 is 290 Å². The zero-order valence-corrected chi connectivity index (χ0v) is 84.8. The SMILES string of the molecule is CC[C@@](C)(NC(=O)C(C)(C)NC(=O)[C@H](NC(=O)[C@H]1CCCN1C(=O)C(C)(C)NC(=O)C(C)(C)NC(=O)CNC(=O)C(C)(C)NC(=O)[C@H](CC(C)C)NC(=O)C(C)(C)NC(=O)[C@H](CCC(N)=O)NC(=O)C(C)(C)NC(=O)C(C)(C)NC(=O)[C@H](C)NC(=O)C(C)(C)NC(=O)[C@@H]1CCCN1C(=O)C(C)(C)NC(C)=O)C(C)C)C(=O)N[C@H](CCC(=O)O)C(=O)N[C@H](CCC(N)=O)C(=O)N[C@H](CO)CC(C)C. The number of amides is 22. The van der Waals surface area contributed by atoms with E-state index in [4.69, 9.17) is 11.5 Å². The van der Waals surface area contributed by atoms with Gasteiger partial charge in [0.15, 0.2) is 0 Å². The molecule has 0 aliphatic carbocycles. The van der Waals surface area contributed by atoms with E-state index in [1.807, 2.05) is 13.8 Å². The quantitative estimate of drug-likeness (QED) is 0.0276. The number of primary amides is 2. The Hall–Kier alpha value is -12.2. The van der Waals surface area contributed by atoms with Gasteiger partial charge >= 0.3 is 5.97 Å². The van der Waals surface area contributed by atoms with Gasteiger partial charge in [0.05, 0.1) is 19.2 Å². The van der Waals surface area contributed by atoms with Crippen molar-refractivity contribution in [3.05, 3.63) is 0 Å². The van der Waals surface area contributed by atoms with Crippen LogP contribution in [0.4, 0.5) is 0 Å². The normalized spacial score (nSPS) is 16.4. The summed E-state index contributed by atoms with van der Waals surface area (Å²) in [4.78, 5) is 315. The second-order valence-corrected chi connectivity index (χ2v) is 41.5. The molecule has 47 heteroatoms. The summed E-state index contributed by atoms with van der Waals surface area (Å²) in [5, 5.41) is 65.4. The van der Waals surface area contributed by atoms with Gasteiger partial charge in [0, 0.05) is 39.3 Å². The third kappa shape index (κ3) is 37.0. The maximum Gasteiger partial charge on any atom is 0.303 e. The predicted octanol–water partition coefficient (Wildman–Crippen LogP) is -4.01. The minimum atomic E-state index is -1.92. The number of nitrogens with two attached hydrogens (primary N) is 2. The number of nitrogens with one attached hydrogen (secondary N) is 18. The molecule has 0 spiro atoms. The summed E-state index contributed by atoms with van der Waals surface area (Å²) in [6.45, 7) is 38.6. The number of rotatable bonds is 53. The lowest BCUT2D eigenvalue weighted by atomic mass is 9.93. The summed E-state index contributed by atoms with van der Waals surface area (Å²) < 4.78 is 0. The van der Waals surface area contributed by atoms with Gasteiger partial charge in [-0.15, -0.1) is 0 Å². The van der Waals surface area contributed by atoms with Crippen molar-refractivity contribution in [3.8, 4) is 0 Å². The summed E-state index contributed by atoms with van der Waals surface area (Å²) in [7, 11) is 0. The number of carbonyl (C=O) groups excluding carboxylic acids is 22. The van der Waals surface area contributed by atoms with Crippen LogP contribution in [0.3, 0.4) is 0 Å². The lowest BCUT2D eigenvalue weighted by Crippen LogP contribution is -2.67. The van der Waals surface area contributed by atoms with Crippen LogP contribution in [0.15, 0.2) is 0 Å². The largest absolute Gasteiger partial charge is 0.481 e. The fourth-order valence-corrected chi connectivity index (χ4v) is 14.5. The van der Waals surface area contributed by atoms with Gasteiger partial charge in [0.25, 0.3) is 0 Å². The van der Waals surface area contributed by atoms with Gasteiger partial charge in [0.2, 0.25) is 130 Å². The molecule has 774 valence electrons. The molecule has 24 N–H and O–H groups in total. The van der Waals surface area contributed by atoms with Gasteiger partial charge in [-0.05, 0) is 220 Å². The Bertz CT molecular complexity index is 4500. The van der Waals surface area contributed by atoms with Crippen molar-refractivity contribution in [3.63, 3.8) is 0 Å². The average molecular weight is 1940 g/mol. The molecule has 2 aliphatic heterocycles. The Balaban J connectivity index is 2.17. The van der Waals surface area contributed by atoms with Crippen molar-refractivity contribution < 1.29 is 120 Å². The summed E-state index contributed by atoms with van der Waals surface area (Å²) in [5.74, 6) is -21.0. The highest BCUT2D eigenvalue weighted by Crippen LogP contribution is 2.27. The molecule has 2 aliphatic rings. The zero-order valence-electron chi connectivity index (χ0n) is 84.8. The molecule has 0 saturated carbocycles. The van der Waals surface area contributed by atoms with E-state index in [2.05, 4.69) is 95.7 Å². The van der Waals surface area contributed by atoms with E-state index in [1.165, 1.54) is 162 Å². The van der Waals surface area contributed by atoms with Gasteiger partial charge in [-0.3, -0.25) is 110 Å². The number of carboxylic acids is 1. The molecule has 22 amide bonds. The molecule has 0 aromatic carbocycles. The van der Waals surface area contributed by atoms with Crippen LogP contribution in [-0.2, 0) is 110 Å². The molecular formula is C90H154N22O25. The Kier molecular flexibility index (Phi) is 43.8. The average Bonchev–Trinajstić information content (AvgIpc) is 1.71. The number of carbonyl (C=O) groups is 23. The van der Waals surface area contributed by atoms with Crippen LogP contribution in [0.25, 0.3) is 0 Å². The third-order valence-corrected chi connectivity index (χ3v) is 23.2. The van der Waals surface area contributed by atoms with E-state index in [0.29, 0.717) is 19.3 Å². The molecule has 0 bridgehead atoms. The Morgan fingerprint density at radius 1 is 0.365 bits per heavy atom. The summed E-state index contributed by atoms with van der Waals surface area (Å²) >= 11 is 0. The van der Waals surface area contributed by atoms with Crippen LogP contribution in [0.1, 0.15) is 277 Å². The minimum absolute atomic E-state index is 0.0201. The third-order valence-electron chi connectivity index (χ3n) is 23.2. The van der Waals surface area contributed by atoms with E-state index >= 15 is 0 Å². The molecule has 2 heterocycles. The maximum absolute atomic E-state index is 14.5. The number of hydrogen-bond donors (Lipinski definition) is 22.